The Labute approximate surface area is 195 Å². The molecule has 1 heterocycles. The summed E-state index contributed by atoms with van der Waals surface area (Å²) in [5.74, 6) is 0. The largest absolute Gasteiger partial charge is 0.309 e. The Hall–Kier alpha value is -3.07. The number of para-hydroxylation sites is 1. The number of rotatable bonds is 4. The molecule has 0 bridgehead atoms. The Morgan fingerprint density at radius 3 is 1.87 bits per heavy atom. The van der Waals surface area contributed by atoms with Gasteiger partial charge in [0.15, 0.2) is 0 Å². The summed E-state index contributed by atoms with van der Waals surface area (Å²) < 4.78 is 3.41. The summed E-state index contributed by atoms with van der Waals surface area (Å²) in [6, 6.07) is 39.8. The van der Waals surface area contributed by atoms with Crippen molar-refractivity contribution in [3.8, 4) is 39.3 Å². The minimum Gasteiger partial charge on any atom is -0.309 e. The molecule has 5 aromatic rings. The third kappa shape index (κ3) is 3.85. The maximum absolute atomic E-state index is 6.19. The predicted molar refractivity (Wildman–Crippen MR) is 135 cm³/mol. The van der Waals surface area contributed by atoms with Crippen molar-refractivity contribution in [3.05, 3.63) is 125 Å². The van der Waals surface area contributed by atoms with E-state index in [4.69, 9.17) is 11.6 Å². The molecule has 0 amide bonds. The zero-order chi connectivity index (χ0) is 21.2. The highest BCUT2D eigenvalue weighted by atomic mass is 79.9. The van der Waals surface area contributed by atoms with Gasteiger partial charge in [0.05, 0.1) is 11.4 Å². The summed E-state index contributed by atoms with van der Waals surface area (Å²) >= 11 is 9.96. The van der Waals surface area contributed by atoms with Crippen molar-refractivity contribution in [2.75, 3.05) is 0 Å². The summed E-state index contributed by atoms with van der Waals surface area (Å²) in [6.45, 7) is 0. The van der Waals surface area contributed by atoms with Crippen LogP contribution in [0.1, 0.15) is 0 Å². The zero-order valence-electron chi connectivity index (χ0n) is 16.7. The van der Waals surface area contributed by atoms with E-state index in [9.17, 15) is 0 Å². The average Bonchev–Trinajstić information content (AvgIpc) is 3.21. The van der Waals surface area contributed by atoms with Gasteiger partial charge in [-0.3, -0.25) is 0 Å². The fraction of sp³-hybridized carbons (Fsp3) is 0. The summed E-state index contributed by atoms with van der Waals surface area (Å²) in [7, 11) is 0. The van der Waals surface area contributed by atoms with Crippen LogP contribution in [-0.2, 0) is 0 Å². The van der Waals surface area contributed by atoms with Crippen LogP contribution >= 0.6 is 27.5 Å². The van der Waals surface area contributed by atoms with E-state index in [1.54, 1.807) is 0 Å². The Bertz CT molecular complexity index is 1320. The monoisotopic (exact) mass is 483 g/mol. The second kappa shape index (κ2) is 8.58. The fourth-order valence-corrected chi connectivity index (χ4v) is 4.57. The van der Waals surface area contributed by atoms with Gasteiger partial charge in [-0.1, -0.05) is 106 Å². The lowest BCUT2D eigenvalue weighted by atomic mass is 10.0. The standard InChI is InChI=1S/C28H19BrClN/c29-26-14-8-7-13-24(26)27-19-25(20-15-17-22(30)18-16-20)28(21-9-3-1-4-10-21)31(27)23-11-5-2-6-12-23/h1-19H. The molecule has 0 fully saturated rings. The maximum atomic E-state index is 6.19. The van der Waals surface area contributed by atoms with Crippen LogP contribution in [0.5, 0.6) is 0 Å². The Kier molecular flexibility index (Phi) is 5.50. The molecule has 0 aliphatic carbocycles. The van der Waals surface area contributed by atoms with Gasteiger partial charge in [-0.2, -0.15) is 0 Å². The second-order valence-corrected chi connectivity index (χ2v) is 8.61. The van der Waals surface area contributed by atoms with Crippen LogP contribution in [0.25, 0.3) is 39.3 Å². The van der Waals surface area contributed by atoms with Crippen LogP contribution in [0.3, 0.4) is 0 Å². The number of benzene rings is 4. The summed E-state index contributed by atoms with van der Waals surface area (Å²) in [4.78, 5) is 0. The number of hydrogen-bond donors (Lipinski definition) is 0. The number of halogens is 2. The third-order valence-electron chi connectivity index (χ3n) is 5.37. The van der Waals surface area contributed by atoms with E-state index < -0.39 is 0 Å². The van der Waals surface area contributed by atoms with Gasteiger partial charge >= 0.3 is 0 Å². The quantitative estimate of drug-likeness (QED) is 0.240. The van der Waals surface area contributed by atoms with Gasteiger partial charge in [0.1, 0.15) is 0 Å². The first-order valence-corrected chi connectivity index (χ1v) is 11.3. The maximum Gasteiger partial charge on any atom is 0.0613 e. The Balaban J connectivity index is 1.90. The molecule has 150 valence electrons. The Morgan fingerprint density at radius 1 is 0.581 bits per heavy atom. The normalized spacial score (nSPS) is 10.9. The van der Waals surface area contributed by atoms with Gasteiger partial charge in [0.2, 0.25) is 0 Å². The molecule has 5 rings (SSSR count). The summed E-state index contributed by atoms with van der Waals surface area (Å²) in [5.41, 5.74) is 8.00. The molecule has 0 spiro atoms. The fourth-order valence-electron chi connectivity index (χ4n) is 3.95. The van der Waals surface area contributed by atoms with Crippen LogP contribution in [0.2, 0.25) is 5.02 Å². The molecular weight excluding hydrogens is 466 g/mol. The minimum absolute atomic E-state index is 0.735. The molecule has 0 unspecified atom stereocenters. The number of nitrogens with zero attached hydrogens (tertiary/aromatic N) is 1. The number of aromatic nitrogens is 1. The van der Waals surface area contributed by atoms with Crippen molar-refractivity contribution in [2.24, 2.45) is 0 Å². The molecule has 31 heavy (non-hydrogen) atoms. The van der Waals surface area contributed by atoms with Gasteiger partial charge in [-0.25, -0.2) is 0 Å². The zero-order valence-corrected chi connectivity index (χ0v) is 19.0. The van der Waals surface area contributed by atoms with Gasteiger partial charge in [0, 0.05) is 26.3 Å². The molecular formula is C28H19BrClN. The van der Waals surface area contributed by atoms with E-state index in [1.165, 1.54) is 0 Å². The second-order valence-electron chi connectivity index (χ2n) is 7.32. The lowest BCUT2D eigenvalue weighted by molar-refractivity contribution is 1.09. The summed E-state index contributed by atoms with van der Waals surface area (Å²) in [6.07, 6.45) is 0. The average molecular weight is 485 g/mol. The van der Waals surface area contributed by atoms with Crippen molar-refractivity contribution in [3.63, 3.8) is 0 Å². The molecule has 0 radical (unpaired) electrons. The molecule has 0 aliphatic rings. The van der Waals surface area contributed by atoms with Crippen molar-refractivity contribution in [1.29, 1.82) is 0 Å². The highest BCUT2D eigenvalue weighted by molar-refractivity contribution is 9.10. The van der Waals surface area contributed by atoms with E-state index in [2.05, 4.69) is 111 Å². The molecule has 3 heteroatoms. The molecule has 0 saturated heterocycles. The molecule has 1 nitrogen and oxygen atoms in total. The topological polar surface area (TPSA) is 4.93 Å². The SMILES string of the molecule is Clc1ccc(-c2cc(-c3ccccc3Br)n(-c3ccccc3)c2-c2ccccc2)cc1. The first-order valence-electron chi connectivity index (χ1n) is 10.1. The van der Waals surface area contributed by atoms with Crippen LogP contribution in [0.15, 0.2) is 120 Å². The lowest BCUT2D eigenvalue weighted by Gasteiger charge is -2.16. The molecule has 0 atom stereocenters. The smallest absolute Gasteiger partial charge is 0.0613 e. The summed E-state index contributed by atoms with van der Waals surface area (Å²) in [5, 5.41) is 0.735. The highest BCUT2D eigenvalue weighted by Crippen LogP contribution is 2.42. The van der Waals surface area contributed by atoms with Crippen LogP contribution in [0, 0.1) is 0 Å². The van der Waals surface area contributed by atoms with Crippen LogP contribution in [-0.4, -0.2) is 4.57 Å². The molecule has 4 aromatic carbocycles. The van der Waals surface area contributed by atoms with Crippen molar-refractivity contribution >= 4 is 27.5 Å². The van der Waals surface area contributed by atoms with Gasteiger partial charge in [-0.15, -0.1) is 0 Å². The van der Waals surface area contributed by atoms with E-state index in [1.807, 2.05) is 24.3 Å². The van der Waals surface area contributed by atoms with E-state index in [0.717, 1.165) is 48.8 Å². The predicted octanol–water partition coefficient (Wildman–Crippen LogP) is 8.89. The van der Waals surface area contributed by atoms with Gasteiger partial charge in [0.25, 0.3) is 0 Å². The molecule has 0 aliphatic heterocycles. The lowest BCUT2D eigenvalue weighted by Crippen LogP contribution is -2.00. The third-order valence-corrected chi connectivity index (χ3v) is 6.31. The van der Waals surface area contributed by atoms with E-state index in [-0.39, 0.29) is 0 Å². The molecule has 0 N–H and O–H groups in total. The van der Waals surface area contributed by atoms with Crippen LogP contribution < -0.4 is 0 Å². The number of hydrogen-bond acceptors (Lipinski definition) is 0. The van der Waals surface area contributed by atoms with E-state index in [0.29, 0.717) is 0 Å². The van der Waals surface area contributed by atoms with Crippen molar-refractivity contribution < 1.29 is 0 Å². The van der Waals surface area contributed by atoms with E-state index >= 15 is 0 Å². The van der Waals surface area contributed by atoms with Crippen molar-refractivity contribution in [2.45, 2.75) is 0 Å². The highest BCUT2D eigenvalue weighted by Gasteiger charge is 2.21. The molecule has 1 aromatic heterocycles. The molecule has 0 saturated carbocycles. The first-order chi connectivity index (χ1) is 15.2. The first kappa shape index (κ1) is 19.9. The van der Waals surface area contributed by atoms with Crippen molar-refractivity contribution in [1.82, 2.24) is 4.57 Å². The minimum atomic E-state index is 0.735. The Morgan fingerprint density at radius 2 is 1.19 bits per heavy atom. The van der Waals surface area contributed by atoms with Gasteiger partial charge in [-0.05, 0) is 47.5 Å². The van der Waals surface area contributed by atoms with Gasteiger partial charge < -0.3 is 4.57 Å². The van der Waals surface area contributed by atoms with Crippen LogP contribution in [0.4, 0.5) is 0 Å².